The number of fused-ring (bicyclic) bond motifs is 9. The summed E-state index contributed by atoms with van der Waals surface area (Å²) in [6.45, 7) is 0. The molecule has 3 aromatic heterocycles. The Bertz CT molecular complexity index is 3880. The van der Waals surface area contributed by atoms with Gasteiger partial charge >= 0.3 is 0 Å². The number of rotatable bonds is 7. The molecule has 0 radical (unpaired) electrons. The summed E-state index contributed by atoms with van der Waals surface area (Å²) < 4.78 is 11.8. The van der Waals surface area contributed by atoms with Crippen LogP contribution >= 0.6 is 11.3 Å². The number of aromatic nitrogens is 1. The van der Waals surface area contributed by atoms with Crippen LogP contribution in [0.3, 0.4) is 0 Å². The molecule has 0 bridgehead atoms. The van der Waals surface area contributed by atoms with E-state index < -0.39 is 0 Å². The van der Waals surface area contributed by atoms with Crippen LogP contribution in [-0.4, -0.2) is 4.57 Å². The molecule has 0 amide bonds. The molecular formula is C60H38N2OS. The van der Waals surface area contributed by atoms with Gasteiger partial charge in [0.25, 0.3) is 0 Å². The van der Waals surface area contributed by atoms with E-state index >= 15 is 0 Å². The lowest BCUT2D eigenvalue weighted by molar-refractivity contribution is 0.669. The summed E-state index contributed by atoms with van der Waals surface area (Å²) in [6, 6.07) is 83.1. The highest BCUT2D eigenvalue weighted by atomic mass is 32.1. The zero-order valence-corrected chi connectivity index (χ0v) is 35.5. The molecule has 10 aromatic carbocycles. The molecule has 0 saturated carbocycles. The fourth-order valence-corrected chi connectivity index (χ4v) is 11.2. The van der Waals surface area contributed by atoms with Crippen molar-refractivity contribution in [2.45, 2.75) is 0 Å². The Morgan fingerprint density at radius 1 is 0.391 bits per heavy atom. The van der Waals surface area contributed by atoms with Crippen molar-refractivity contribution < 1.29 is 4.42 Å². The van der Waals surface area contributed by atoms with E-state index in [1.54, 1.807) is 0 Å². The molecule has 0 atom stereocenters. The molecule has 13 rings (SSSR count). The summed E-state index contributed by atoms with van der Waals surface area (Å²) in [5.74, 6) is 0. The van der Waals surface area contributed by atoms with Crippen molar-refractivity contribution in [1.29, 1.82) is 0 Å². The summed E-state index contributed by atoms with van der Waals surface area (Å²) >= 11 is 1.87. The number of thiophene rings is 1. The summed E-state index contributed by atoms with van der Waals surface area (Å²) in [7, 11) is 0. The Morgan fingerprint density at radius 2 is 0.984 bits per heavy atom. The van der Waals surface area contributed by atoms with Gasteiger partial charge < -0.3 is 13.9 Å². The molecule has 0 spiro atoms. The van der Waals surface area contributed by atoms with Gasteiger partial charge in [0, 0.05) is 81.5 Å². The molecule has 13 aromatic rings. The van der Waals surface area contributed by atoms with Crippen molar-refractivity contribution in [3.8, 4) is 39.1 Å². The molecule has 64 heavy (non-hydrogen) atoms. The second-order valence-electron chi connectivity index (χ2n) is 16.4. The summed E-state index contributed by atoms with van der Waals surface area (Å²) in [5, 5.41) is 7.28. The maximum absolute atomic E-state index is 6.80. The van der Waals surface area contributed by atoms with Crippen molar-refractivity contribution in [3.63, 3.8) is 0 Å². The molecule has 300 valence electrons. The van der Waals surface area contributed by atoms with Crippen molar-refractivity contribution in [1.82, 2.24) is 4.57 Å². The Hall–Kier alpha value is -8.18. The lowest BCUT2D eigenvalue weighted by Gasteiger charge is -2.28. The third kappa shape index (κ3) is 5.73. The number of para-hydroxylation sites is 3. The smallest absolute Gasteiger partial charge is 0.138 e. The van der Waals surface area contributed by atoms with Crippen LogP contribution in [0.15, 0.2) is 235 Å². The highest BCUT2D eigenvalue weighted by Gasteiger charge is 2.25. The Morgan fingerprint density at radius 3 is 1.78 bits per heavy atom. The van der Waals surface area contributed by atoms with Crippen LogP contribution in [0.4, 0.5) is 17.1 Å². The first kappa shape index (κ1) is 36.5. The average Bonchev–Trinajstić information content (AvgIpc) is 4.04. The van der Waals surface area contributed by atoms with Gasteiger partial charge in [0.05, 0.1) is 16.7 Å². The number of furan rings is 1. The Labute approximate surface area is 373 Å². The van der Waals surface area contributed by atoms with Crippen LogP contribution in [0, 0.1) is 0 Å². The maximum atomic E-state index is 6.80. The number of hydrogen-bond acceptors (Lipinski definition) is 3. The van der Waals surface area contributed by atoms with Gasteiger partial charge in [-0.2, -0.15) is 0 Å². The van der Waals surface area contributed by atoms with Gasteiger partial charge in [-0.1, -0.05) is 164 Å². The molecule has 0 N–H and O–H groups in total. The van der Waals surface area contributed by atoms with Crippen LogP contribution in [0.5, 0.6) is 0 Å². The summed E-state index contributed by atoms with van der Waals surface area (Å²) in [6.07, 6.45) is 0. The van der Waals surface area contributed by atoms with Crippen molar-refractivity contribution in [2.75, 3.05) is 4.90 Å². The van der Waals surface area contributed by atoms with E-state index in [4.69, 9.17) is 4.42 Å². The van der Waals surface area contributed by atoms with Crippen molar-refractivity contribution in [3.05, 3.63) is 231 Å². The molecule has 0 aliphatic rings. The highest BCUT2D eigenvalue weighted by molar-refractivity contribution is 7.26. The van der Waals surface area contributed by atoms with Gasteiger partial charge in [-0.15, -0.1) is 11.3 Å². The molecule has 3 nitrogen and oxygen atoms in total. The normalized spacial score (nSPS) is 11.8. The van der Waals surface area contributed by atoms with Gasteiger partial charge in [0.15, 0.2) is 0 Å². The van der Waals surface area contributed by atoms with E-state index in [-0.39, 0.29) is 0 Å². The van der Waals surface area contributed by atoms with Gasteiger partial charge in [-0.25, -0.2) is 0 Å². The van der Waals surface area contributed by atoms with Gasteiger partial charge in [-0.05, 0) is 77.4 Å². The summed E-state index contributed by atoms with van der Waals surface area (Å²) in [5.41, 5.74) is 15.5. The minimum Gasteiger partial charge on any atom is -0.456 e. The standard InChI is InChI=1S/C60H38N2OS/c1-3-16-39(17-4-1)40-30-32-42(33-31-40)61(51-26-11-7-20-45(51)41-18-5-2-6-19-41)43-34-36-44(37-35-43)62-52-27-12-8-22-48(52)57-53(62)38-55-58(49-23-9-13-28-54(49)63-55)59(57)50-25-15-24-47-46-21-10-14-29-56(46)64-60(47)50/h1-38H. The lowest BCUT2D eigenvalue weighted by atomic mass is 9.93. The highest BCUT2D eigenvalue weighted by Crippen LogP contribution is 2.50. The first-order chi connectivity index (χ1) is 31.8. The average molecular weight is 835 g/mol. The predicted molar refractivity (Wildman–Crippen MR) is 272 cm³/mol. The van der Waals surface area contributed by atoms with Crippen LogP contribution < -0.4 is 4.90 Å². The first-order valence-electron chi connectivity index (χ1n) is 21.8. The fraction of sp³-hybridized carbons (Fsp3) is 0. The maximum Gasteiger partial charge on any atom is 0.138 e. The number of nitrogens with zero attached hydrogens (tertiary/aromatic N) is 2. The largest absolute Gasteiger partial charge is 0.456 e. The zero-order valence-electron chi connectivity index (χ0n) is 34.7. The topological polar surface area (TPSA) is 21.3 Å². The zero-order chi connectivity index (χ0) is 42.1. The second kappa shape index (κ2) is 14.7. The molecule has 0 unspecified atom stereocenters. The molecule has 0 fully saturated rings. The van der Waals surface area contributed by atoms with Crippen LogP contribution in [0.25, 0.3) is 103 Å². The number of benzene rings is 10. The molecule has 0 aliphatic heterocycles. The van der Waals surface area contributed by atoms with Crippen LogP contribution in [0.2, 0.25) is 0 Å². The van der Waals surface area contributed by atoms with Gasteiger partial charge in [0.1, 0.15) is 11.2 Å². The van der Waals surface area contributed by atoms with Crippen molar-refractivity contribution >= 4 is 92.3 Å². The fourth-order valence-electron chi connectivity index (χ4n) is 9.97. The molecule has 0 saturated heterocycles. The molecule has 3 heterocycles. The van der Waals surface area contributed by atoms with Crippen molar-refractivity contribution in [2.24, 2.45) is 0 Å². The molecule has 4 heteroatoms. The first-order valence-corrected chi connectivity index (χ1v) is 22.6. The van der Waals surface area contributed by atoms with E-state index in [9.17, 15) is 0 Å². The van der Waals surface area contributed by atoms with Gasteiger partial charge in [-0.3, -0.25) is 0 Å². The summed E-state index contributed by atoms with van der Waals surface area (Å²) in [4.78, 5) is 2.38. The minimum absolute atomic E-state index is 0.880. The van der Waals surface area contributed by atoms with Crippen LogP contribution in [0.1, 0.15) is 0 Å². The lowest BCUT2D eigenvalue weighted by Crippen LogP contribution is -2.11. The van der Waals surface area contributed by atoms with E-state index in [1.807, 2.05) is 11.3 Å². The third-order valence-corrected chi connectivity index (χ3v) is 14.0. The number of hydrogen-bond donors (Lipinski definition) is 0. The predicted octanol–water partition coefficient (Wildman–Crippen LogP) is 17.5. The Balaban J connectivity index is 1.03. The van der Waals surface area contributed by atoms with E-state index in [2.05, 4.69) is 240 Å². The Kier molecular flexibility index (Phi) is 8.40. The van der Waals surface area contributed by atoms with E-state index in [0.717, 1.165) is 61.3 Å². The van der Waals surface area contributed by atoms with Crippen LogP contribution in [-0.2, 0) is 0 Å². The van der Waals surface area contributed by atoms with E-state index in [1.165, 1.54) is 58.8 Å². The quantitative estimate of drug-likeness (QED) is 0.159. The number of anilines is 3. The SMILES string of the molecule is c1ccc(-c2ccc(N(c3ccc(-n4c5ccccc5c5c(-c6cccc7c6sc6ccccc67)c6c(cc54)oc4ccccc46)cc3)c3ccccc3-c3ccccc3)cc2)cc1. The second-order valence-corrected chi connectivity index (χ2v) is 17.5. The molecule has 0 aliphatic carbocycles. The minimum atomic E-state index is 0.880. The van der Waals surface area contributed by atoms with Gasteiger partial charge in [0.2, 0.25) is 0 Å². The monoisotopic (exact) mass is 834 g/mol. The van der Waals surface area contributed by atoms with E-state index in [0.29, 0.717) is 0 Å². The third-order valence-electron chi connectivity index (χ3n) is 12.8. The molecular weight excluding hydrogens is 797 g/mol.